The molecule has 0 spiro atoms. The molecule has 0 aliphatic carbocycles. The van der Waals surface area contributed by atoms with Crippen LogP contribution in [0.1, 0.15) is 30.4 Å². The van der Waals surface area contributed by atoms with E-state index < -0.39 is 0 Å². The van der Waals surface area contributed by atoms with E-state index in [0.29, 0.717) is 5.92 Å². The predicted octanol–water partition coefficient (Wildman–Crippen LogP) is 4.91. The Bertz CT molecular complexity index is 553. The number of rotatable bonds is 7. The van der Waals surface area contributed by atoms with Crippen LogP contribution in [0.4, 0.5) is 4.39 Å². The molecule has 0 saturated heterocycles. The van der Waals surface area contributed by atoms with Crippen LogP contribution in [0, 0.1) is 5.82 Å². The second-order valence-electron chi connectivity index (χ2n) is 5.29. The van der Waals surface area contributed by atoms with Gasteiger partial charge in [0.25, 0.3) is 0 Å². The predicted molar refractivity (Wildman–Crippen MR) is 90.1 cm³/mol. The fourth-order valence-corrected chi connectivity index (χ4v) is 2.84. The molecule has 112 valence electrons. The molecule has 2 aromatic carbocycles. The van der Waals surface area contributed by atoms with Crippen LogP contribution in [0.5, 0.6) is 0 Å². The maximum absolute atomic E-state index is 13.0. The van der Waals surface area contributed by atoms with Gasteiger partial charge in [0.05, 0.1) is 0 Å². The molecule has 1 unspecified atom stereocenters. The molecule has 0 amide bonds. The molecule has 0 heterocycles. The minimum Gasteiger partial charge on any atom is -0.316 e. The summed E-state index contributed by atoms with van der Waals surface area (Å²) in [6.07, 6.45) is 2.04. The van der Waals surface area contributed by atoms with Crippen LogP contribution < -0.4 is 5.32 Å². The lowest BCUT2D eigenvalue weighted by molar-refractivity contribution is 0.575. The Morgan fingerprint density at radius 1 is 1.14 bits per heavy atom. The molecule has 2 aromatic rings. The Morgan fingerprint density at radius 3 is 2.57 bits per heavy atom. The first-order chi connectivity index (χ1) is 10.2. The van der Waals surface area contributed by atoms with E-state index in [9.17, 15) is 4.39 Å². The van der Waals surface area contributed by atoms with E-state index in [1.54, 1.807) is 0 Å². The van der Waals surface area contributed by atoms with Crippen molar-refractivity contribution in [3.63, 3.8) is 0 Å². The maximum atomic E-state index is 13.0. The van der Waals surface area contributed by atoms with Gasteiger partial charge in [-0.15, -0.1) is 0 Å². The molecule has 21 heavy (non-hydrogen) atoms. The fraction of sp³-hybridized carbons (Fsp3) is 0.333. The summed E-state index contributed by atoms with van der Waals surface area (Å²) in [5.74, 6) is 0.210. The molecular formula is C18H21BrFN. The van der Waals surface area contributed by atoms with Gasteiger partial charge in [-0.05, 0) is 54.8 Å². The number of halogens is 2. The van der Waals surface area contributed by atoms with Crippen molar-refractivity contribution in [1.29, 1.82) is 0 Å². The van der Waals surface area contributed by atoms with Crippen LogP contribution in [0.25, 0.3) is 0 Å². The van der Waals surface area contributed by atoms with Gasteiger partial charge in [0.1, 0.15) is 5.82 Å². The summed E-state index contributed by atoms with van der Waals surface area (Å²) in [5.41, 5.74) is 2.47. The molecule has 0 radical (unpaired) electrons. The third-order valence-electron chi connectivity index (χ3n) is 3.53. The van der Waals surface area contributed by atoms with Gasteiger partial charge in [-0.3, -0.25) is 0 Å². The lowest BCUT2D eigenvalue weighted by Crippen LogP contribution is -2.23. The Kier molecular flexibility index (Phi) is 6.40. The average Bonchev–Trinajstić information content (AvgIpc) is 2.48. The van der Waals surface area contributed by atoms with Gasteiger partial charge in [0.15, 0.2) is 0 Å². The summed E-state index contributed by atoms with van der Waals surface area (Å²) in [7, 11) is 0. The van der Waals surface area contributed by atoms with Crippen molar-refractivity contribution in [2.45, 2.75) is 25.7 Å². The van der Waals surface area contributed by atoms with E-state index in [0.717, 1.165) is 30.4 Å². The highest BCUT2D eigenvalue weighted by Crippen LogP contribution is 2.23. The summed E-state index contributed by atoms with van der Waals surface area (Å²) in [4.78, 5) is 0. The highest BCUT2D eigenvalue weighted by atomic mass is 79.9. The monoisotopic (exact) mass is 349 g/mol. The van der Waals surface area contributed by atoms with Gasteiger partial charge in [-0.2, -0.15) is 0 Å². The zero-order chi connectivity index (χ0) is 15.1. The zero-order valence-corrected chi connectivity index (χ0v) is 13.9. The minimum absolute atomic E-state index is 0.179. The van der Waals surface area contributed by atoms with Gasteiger partial charge < -0.3 is 5.32 Å². The normalized spacial score (nSPS) is 12.3. The smallest absolute Gasteiger partial charge is 0.123 e. The van der Waals surface area contributed by atoms with E-state index in [-0.39, 0.29) is 5.82 Å². The van der Waals surface area contributed by atoms with E-state index in [1.165, 1.54) is 23.3 Å². The third-order valence-corrected chi connectivity index (χ3v) is 4.03. The van der Waals surface area contributed by atoms with Crippen molar-refractivity contribution in [1.82, 2.24) is 5.32 Å². The third kappa shape index (κ3) is 5.25. The SMILES string of the molecule is CCCNCC(Cc1ccc(F)cc1)c1cccc(Br)c1. The maximum Gasteiger partial charge on any atom is 0.123 e. The van der Waals surface area contributed by atoms with Crippen molar-refractivity contribution >= 4 is 15.9 Å². The van der Waals surface area contributed by atoms with Crippen molar-refractivity contribution in [2.24, 2.45) is 0 Å². The summed E-state index contributed by atoms with van der Waals surface area (Å²) in [5, 5.41) is 3.50. The van der Waals surface area contributed by atoms with Crippen LogP contribution >= 0.6 is 15.9 Å². The van der Waals surface area contributed by atoms with Crippen LogP contribution in [0.2, 0.25) is 0 Å². The van der Waals surface area contributed by atoms with Crippen molar-refractivity contribution in [3.8, 4) is 0 Å². The Morgan fingerprint density at radius 2 is 1.90 bits per heavy atom. The Labute approximate surface area is 134 Å². The van der Waals surface area contributed by atoms with Crippen molar-refractivity contribution < 1.29 is 4.39 Å². The summed E-state index contributed by atoms with van der Waals surface area (Å²) in [6.45, 7) is 4.12. The summed E-state index contributed by atoms with van der Waals surface area (Å²) in [6, 6.07) is 15.3. The molecule has 0 aliphatic rings. The van der Waals surface area contributed by atoms with Crippen LogP contribution in [-0.4, -0.2) is 13.1 Å². The van der Waals surface area contributed by atoms with Crippen molar-refractivity contribution in [3.05, 3.63) is 69.9 Å². The van der Waals surface area contributed by atoms with Gasteiger partial charge in [0.2, 0.25) is 0 Å². The molecule has 0 aromatic heterocycles. The van der Waals surface area contributed by atoms with Crippen LogP contribution in [0.3, 0.4) is 0 Å². The van der Waals surface area contributed by atoms with E-state index in [4.69, 9.17) is 0 Å². The largest absolute Gasteiger partial charge is 0.316 e. The topological polar surface area (TPSA) is 12.0 Å². The number of nitrogens with one attached hydrogen (secondary N) is 1. The standard InChI is InChI=1S/C18H21BrFN/c1-2-10-21-13-16(15-4-3-5-17(19)12-15)11-14-6-8-18(20)9-7-14/h3-9,12,16,21H,2,10-11,13H2,1H3. The Hall–Kier alpha value is -1.19. The highest BCUT2D eigenvalue weighted by Gasteiger charge is 2.12. The number of hydrogen-bond acceptors (Lipinski definition) is 1. The van der Waals surface area contributed by atoms with Gasteiger partial charge in [-0.25, -0.2) is 4.39 Å². The lowest BCUT2D eigenvalue weighted by atomic mass is 9.92. The Balaban J connectivity index is 2.13. The van der Waals surface area contributed by atoms with Gasteiger partial charge in [0, 0.05) is 16.9 Å². The second kappa shape index (κ2) is 8.30. The van der Waals surface area contributed by atoms with Crippen LogP contribution in [-0.2, 0) is 6.42 Å². The minimum atomic E-state index is -0.179. The van der Waals surface area contributed by atoms with Crippen LogP contribution in [0.15, 0.2) is 53.0 Å². The molecule has 1 N–H and O–H groups in total. The first kappa shape index (κ1) is 16.2. The quantitative estimate of drug-likeness (QED) is 0.700. The lowest BCUT2D eigenvalue weighted by Gasteiger charge is -2.19. The number of hydrogen-bond donors (Lipinski definition) is 1. The summed E-state index contributed by atoms with van der Waals surface area (Å²) < 4.78 is 14.1. The first-order valence-corrected chi connectivity index (χ1v) is 8.19. The molecule has 0 bridgehead atoms. The fourth-order valence-electron chi connectivity index (χ4n) is 2.43. The summed E-state index contributed by atoms with van der Waals surface area (Å²) >= 11 is 3.54. The molecule has 2 rings (SSSR count). The van der Waals surface area contributed by atoms with E-state index in [2.05, 4.69) is 46.4 Å². The molecule has 1 atom stereocenters. The first-order valence-electron chi connectivity index (χ1n) is 7.39. The molecule has 3 heteroatoms. The zero-order valence-electron chi connectivity index (χ0n) is 12.3. The average molecular weight is 350 g/mol. The van der Waals surface area contributed by atoms with E-state index >= 15 is 0 Å². The molecule has 1 nitrogen and oxygen atoms in total. The molecule has 0 fully saturated rings. The highest BCUT2D eigenvalue weighted by molar-refractivity contribution is 9.10. The number of benzene rings is 2. The second-order valence-corrected chi connectivity index (χ2v) is 6.20. The molecule has 0 aliphatic heterocycles. The molecular weight excluding hydrogens is 329 g/mol. The van der Waals surface area contributed by atoms with Gasteiger partial charge >= 0.3 is 0 Å². The molecule has 0 saturated carbocycles. The van der Waals surface area contributed by atoms with Crippen molar-refractivity contribution in [2.75, 3.05) is 13.1 Å². The van der Waals surface area contributed by atoms with Gasteiger partial charge in [-0.1, -0.05) is 47.1 Å². The van der Waals surface area contributed by atoms with E-state index in [1.807, 2.05) is 18.2 Å².